The van der Waals surface area contributed by atoms with Crippen LogP contribution in [0.2, 0.25) is 5.02 Å². The van der Waals surface area contributed by atoms with E-state index in [1.165, 1.54) is 24.5 Å². The maximum absolute atomic E-state index is 13.6. The number of benzene rings is 2. The maximum Gasteiger partial charge on any atom is 0.206 e. The van der Waals surface area contributed by atoms with Gasteiger partial charge in [0.05, 0.1) is 22.6 Å². The van der Waals surface area contributed by atoms with Crippen molar-refractivity contribution in [1.29, 1.82) is 0 Å². The molecule has 4 nitrogen and oxygen atoms in total. The summed E-state index contributed by atoms with van der Waals surface area (Å²) in [6.45, 7) is 4.41. The SMILES string of the molecule is Fc1ccc(Cn2c(N3CCNCC3)nc3ccc(C4CC4)cc32)cc1Cl. The minimum atomic E-state index is -0.380. The summed E-state index contributed by atoms with van der Waals surface area (Å²) < 4.78 is 15.8. The Morgan fingerprint density at radius 3 is 2.67 bits per heavy atom. The van der Waals surface area contributed by atoms with Gasteiger partial charge in [0.15, 0.2) is 0 Å². The average Bonchev–Trinajstić information content (AvgIpc) is 3.48. The van der Waals surface area contributed by atoms with Gasteiger partial charge >= 0.3 is 0 Å². The lowest BCUT2D eigenvalue weighted by Gasteiger charge is -2.29. The van der Waals surface area contributed by atoms with Gasteiger partial charge in [0.2, 0.25) is 5.95 Å². The highest BCUT2D eigenvalue weighted by molar-refractivity contribution is 6.30. The Hall–Kier alpha value is -2.11. The van der Waals surface area contributed by atoms with Gasteiger partial charge in [-0.2, -0.15) is 0 Å². The lowest BCUT2D eigenvalue weighted by molar-refractivity contribution is 0.571. The van der Waals surface area contributed by atoms with E-state index in [2.05, 4.69) is 33.0 Å². The van der Waals surface area contributed by atoms with Gasteiger partial charge < -0.3 is 14.8 Å². The van der Waals surface area contributed by atoms with Crippen LogP contribution in [-0.4, -0.2) is 35.7 Å². The highest BCUT2D eigenvalue weighted by atomic mass is 35.5. The van der Waals surface area contributed by atoms with Crippen LogP contribution in [0.3, 0.4) is 0 Å². The zero-order valence-corrected chi connectivity index (χ0v) is 15.8. The zero-order valence-electron chi connectivity index (χ0n) is 15.1. The third-order valence-corrected chi connectivity index (χ3v) is 5.82. The monoisotopic (exact) mass is 384 g/mol. The number of hydrogen-bond donors (Lipinski definition) is 1. The molecule has 1 aliphatic heterocycles. The molecule has 0 radical (unpaired) electrons. The molecule has 0 unspecified atom stereocenters. The second kappa shape index (κ2) is 6.80. The van der Waals surface area contributed by atoms with Crippen LogP contribution in [0.4, 0.5) is 10.3 Å². The summed E-state index contributed by atoms with van der Waals surface area (Å²) in [5.74, 6) is 1.30. The van der Waals surface area contributed by atoms with Gasteiger partial charge in [0, 0.05) is 26.2 Å². The second-order valence-corrected chi connectivity index (χ2v) is 7.91. The minimum absolute atomic E-state index is 0.166. The van der Waals surface area contributed by atoms with E-state index in [1.54, 1.807) is 12.1 Å². The van der Waals surface area contributed by atoms with Crippen molar-refractivity contribution in [3.63, 3.8) is 0 Å². The Kier molecular flexibility index (Phi) is 4.29. The lowest BCUT2D eigenvalue weighted by Crippen LogP contribution is -2.44. The summed E-state index contributed by atoms with van der Waals surface area (Å²) in [4.78, 5) is 7.28. The van der Waals surface area contributed by atoms with Crippen molar-refractivity contribution in [2.24, 2.45) is 0 Å². The predicted molar refractivity (Wildman–Crippen MR) is 107 cm³/mol. The van der Waals surface area contributed by atoms with Crippen molar-refractivity contribution >= 4 is 28.6 Å². The number of aromatic nitrogens is 2. The molecule has 2 fully saturated rings. The molecule has 2 aliphatic rings. The summed E-state index contributed by atoms with van der Waals surface area (Å²) in [5.41, 5.74) is 4.54. The maximum atomic E-state index is 13.6. The third kappa shape index (κ3) is 3.30. The molecule has 1 aromatic heterocycles. The van der Waals surface area contributed by atoms with Gasteiger partial charge in [-0.05, 0) is 54.2 Å². The number of imidazole rings is 1. The molecule has 1 N–H and O–H groups in total. The van der Waals surface area contributed by atoms with Crippen LogP contribution in [0.5, 0.6) is 0 Å². The van der Waals surface area contributed by atoms with Crippen LogP contribution in [0.1, 0.15) is 29.9 Å². The molecule has 0 atom stereocenters. The van der Waals surface area contributed by atoms with Crippen molar-refractivity contribution in [2.45, 2.75) is 25.3 Å². The Morgan fingerprint density at radius 1 is 1.11 bits per heavy atom. The molecule has 2 heterocycles. The molecule has 1 saturated carbocycles. The quantitative estimate of drug-likeness (QED) is 0.733. The van der Waals surface area contributed by atoms with Gasteiger partial charge in [-0.3, -0.25) is 0 Å². The lowest BCUT2D eigenvalue weighted by atomic mass is 10.1. The van der Waals surface area contributed by atoms with E-state index >= 15 is 0 Å². The van der Waals surface area contributed by atoms with Gasteiger partial charge in [0.25, 0.3) is 0 Å². The van der Waals surface area contributed by atoms with Crippen LogP contribution in [0.15, 0.2) is 36.4 Å². The number of piperazine rings is 1. The van der Waals surface area contributed by atoms with Crippen LogP contribution in [-0.2, 0) is 6.54 Å². The molecule has 140 valence electrons. The molecular weight excluding hydrogens is 363 g/mol. The van der Waals surface area contributed by atoms with Crippen molar-refractivity contribution in [1.82, 2.24) is 14.9 Å². The third-order valence-electron chi connectivity index (χ3n) is 5.53. The number of anilines is 1. The fourth-order valence-electron chi connectivity index (χ4n) is 3.88. The van der Waals surface area contributed by atoms with E-state index < -0.39 is 0 Å². The zero-order chi connectivity index (χ0) is 18.4. The Morgan fingerprint density at radius 2 is 1.93 bits per heavy atom. The molecule has 6 heteroatoms. The van der Waals surface area contributed by atoms with E-state index in [1.807, 2.05) is 0 Å². The first kappa shape index (κ1) is 17.0. The van der Waals surface area contributed by atoms with Crippen molar-refractivity contribution in [3.8, 4) is 0 Å². The molecule has 0 amide bonds. The molecule has 1 aliphatic carbocycles. The first-order valence-electron chi connectivity index (χ1n) is 9.59. The summed E-state index contributed by atoms with van der Waals surface area (Å²) in [7, 11) is 0. The first-order chi connectivity index (χ1) is 13.2. The molecule has 2 aromatic carbocycles. The van der Waals surface area contributed by atoms with Crippen molar-refractivity contribution in [3.05, 3.63) is 58.4 Å². The van der Waals surface area contributed by atoms with Gasteiger partial charge in [-0.1, -0.05) is 23.7 Å². The topological polar surface area (TPSA) is 33.1 Å². The van der Waals surface area contributed by atoms with E-state index in [4.69, 9.17) is 16.6 Å². The van der Waals surface area contributed by atoms with Crippen LogP contribution in [0.25, 0.3) is 11.0 Å². The number of hydrogen-bond acceptors (Lipinski definition) is 3. The Labute approximate surface area is 162 Å². The van der Waals surface area contributed by atoms with Crippen LogP contribution >= 0.6 is 11.6 Å². The molecule has 1 saturated heterocycles. The van der Waals surface area contributed by atoms with E-state index in [0.717, 1.165) is 48.7 Å². The smallest absolute Gasteiger partial charge is 0.206 e. The van der Waals surface area contributed by atoms with Crippen molar-refractivity contribution in [2.75, 3.05) is 31.1 Å². The molecule has 0 spiro atoms. The molecule has 0 bridgehead atoms. The summed E-state index contributed by atoms with van der Waals surface area (Å²) in [6.07, 6.45) is 2.55. The summed E-state index contributed by atoms with van der Waals surface area (Å²) >= 11 is 6.02. The van der Waals surface area contributed by atoms with E-state index in [-0.39, 0.29) is 10.8 Å². The standard InChI is InChI=1S/C21H22ClFN4/c22-17-11-14(1-5-18(17)23)13-27-20-12-16(15-2-3-15)4-6-19(20)25-21(27)26-9-7-24-8-10-26/h1,4-6,11-12,15,24H,2-3,7-10,13H2. The largest absolute Gasteiger partial charge is 0.340 e. The molecule has 5 rings (SSSR count). The molecule has 27 heavy (non-hydrogen) atoms. The second-order valence-electron chi connectivity index (χ2n) is 7.51. The average molecular weight is 385 g/mol. The fraction of sp³-hybridized carbons (Fsp3) is 0.381. The first-order valence-corrected chi connectivity index (χ1v) is 9.96. The molecular formula is C21H22ClFN4. The number of nitrogens with one attached hydrogen (secondary N) is 1. The van der Waals surface area contributed by atoms with Gasteiger partial charge in [-0.15, -0.1) is 0 Å². The normalized spacial score (nSPS) is 17.6. The minimum Gasteiger partial charge on any atom is -0.340 e. The number of nitrogens with zero attached hydrogens (tertiary/aromatic N) is 3. The molecule has 3 aromatic rings. The van der Waals surface area contributed by atoms with Gasteiger partial charge in [0.1, 0.15) is 5.82 Å². The number of fused-ring (bicyclic) bond motifs is 1. The number of halogens is 2. The van der Waals surface area contributed by atoms with E-state index in [9.17, 15) is 4.39 Å². The van der Waals surface area contributed by atoms with Gasteiger partial charge in [-0.25, -0.2) is 9.37 Å². The Bertz CT molecular complexity index is 989. The highest BCUT2D eigenvalue weighted by Crippen LogP contribution is 2.41. The summed E-state index contributed by atoms with van der Waals surface area (Å²) in [5, 5.41) is 3.56. The Balaban J connectivity index is 1.60. The highest BCUT2D eigenvalue weighted by Gasteiger charge is 2.25. The number of rotatable bonds is 4. The summed E-state index contributed by atoms with van der Waals surface area (Å²) in [6, 6.07) is 11.6. The van der Waals surface area contributed by atoms with Crippen molar-refractivity contribution < 1.29 is 4.39 Å². The fourth-order valence-corrected chi connectivity index (χ4v) is 4.08. The van der Waals surface area contributed by atoms with Crippen LogP contribution < -0.4 is 10.2 Å². The van der Waals surface area contributed by atoms with Crippen LogP contribution in [0, 0.1) is 5.82 Å². The predicted octanol–water partition coefficient (Wildman–Crippen LogP) is 4.16. The van der Waals surface area contributed by atoms with E-state index in [0.29, 0.717) is 12.5 Å².